The van der Waals surface area contributed by atoms with E-state index in [2.05, 4.69) is 4.98 Å². The Bertz CT molecular complexity index is 309. The van der Waals surface area contributed by atoms with Crippen LogP contribution in [0.5, 0.6) is 0 Å². The van der Waals surface area contributed by atoms with Crippen LogP contribution in [-0.4, -0.2) is 11.0 Å². The topological polar surface area (TPSA) is 39.2 Å². The second-order valence-electron chi connectivity index (χ2n) is 2.49. The third-order valence-electron chi connectivity index (χ3n) is 1.75. The molecule has 1 atom stereocenters. The third-order valence-corrected chi connectivity index (χ3v) is 1.75. The number of nitrogens with zero attached hydrogens (tertiary/aromatic N) is 1. The summed E-state index contributed by atoms with van der Waals surface area (Å²) < 4.78 is 4.93. The first kappa shape index (κ1) is 6.34. The minimum Gasteiger partial charge on any atom is -0.453 e. The summed E-state index contributed by atoms with van der Waals surface area (Å²) in [5.41, 5.74) is 1.34. The highest BCUT2D eigenvalue weighted by atomic mass is 16.5. The van der Waals surface area contributed by atoms with Crippen molar-refractivity contribution in [3.63, 3.8) is 0 Å². The monoisotopic (exact) mass is 149 g/mol. The van der Waals surface area contributed by atoms with E-state index in [9.17, 15) is 4.79 Å². The molecule has 0 saturated carbocycles. The highest BCUT2D eigenvalue weighted by molar-refractivity contribution is 5.91. The highest BCUT2D eigenvalue weighted by Crippen LogP contribution is 2.27. The van der Waals surface area contributed by atoms with Gasteiger partial charge in [-0.15, -0.1) is 0 Å². The normalized spacial score (nSPS) is 21.2. The molecule has 0 saturated heterocycles. The lowest BCUT2D eigenvalue weighted by Crippen LogP contribution is -1.96. The molecule has 0 fully saturated rings. The lowest BCUT2D eigenvalue weighted by Gasteiger charge is -1.99. The molecule has 1 unspecified atom stereocenters. The molecule has 0 amide bonds. The van der Waals surface area contributed by atoms with Crippen molar-refractivity contribution in [1.29, 1.82) is 0 Å². The van der Waals surface area contributed by atoms with E-state index < -0.39 is 0 Å². The molecule has 1 aliphatic rings. The lowest BCUT2D eigenvalue weighted by molar-refractivity contribution is 0.0418. The molecule has 1 aromatic rings. The van der Waals surface area contributed by atoms with Gasteiger partial charge in [-0.05, 0) is 13.0 Å². The molecule has 0 bridgehead atoms. The molecule has 1 aromatic heterocycles. The van der Waals surface area contributed by atoms with Gasteiger partial charge in [0.1, 0.15) is 6.10 Å². The number of hydrogen-bond donors (Lipinski definition) is 0. The van der Waals surface area contributed by atoms with Crippen molar-refractivity contribution in [2.75, 3.05) is 0 Å². The molecule has 0 spiro atoms. The zero-order valence-electron chi connectivity index (χ0n) is 6.07. The maximum absolute atomic E-state index is 11.0. The Morgan fingerprint density at radius 3 is 3.18 bits per heavy atom. The van der Waals surface area contributed by atoms with Crippen LogP contribution in [0.15, 0.2) is 18.3 Å². The average molecular weight is 149 g/mol. The van der Waals surface area contributed by atoms with Gasteiger partial charge in [0.25, 0.3) is 0 Å². The molecule has 2 heterocycles. The van der Waals surface area contributed by atoms with Gasteiger partial charge in [-0.25, -0.2) is 9.78 Å². The van der Waals surface area contributed by atoms with Crippen molar-refractivity contribution in [2.24, 2.45) is 0 Å². The van der Waals surface area contributed by atoms with Crippen molar-refractivity contribution >= 4 is 5.97 Å². The number of cyclic esters (lactones) is 1. The van der Waals surface area contributed by atoms with Gasteiger partial charge >= 0.3 is 5.97 Å². The quantitative estimate of drug-likeness (QED) is 0.522. The number of carbonyl (C=O) groups is 1. The molecule has 3 heteroatoms. The second kappa shape index (κ2) is 2.05. The molecule has 0 aliphatic carbocycles. The van der Waals surface area contributed by atoms with Crippen molar-refractivity contribution in [2.45, 2.75) is 13.0 Å². The summed E-state index contributed by atoms with van der Waals surface area (Å²) in [6, 6.07) is 3.66. The van der Waals surface area contributed by atoms with Crippen molar-refractivity contribution in [3.05, 3.63) is 29.6 Å². The Hall–Kier alpha value is -1.38. The molecule has 0 aromatic carbocycles. The largest absolute Gasteiger partial charge is 0.453 e. The van der Waals surface area contributed by atoms with E-state index in [1.165, 1.54) is 0 Å². The minimum absolute atomic E-state index is 0.133. The van der Waals surface area contributed by atoms with Gasteiger partial charge in [-0.2, -0.15) is 0 Å². The summed E-state index contributed by atoms with van der Waals surface area (Å²) in [6.07, 6.45) is 1.46. The average Bonchev–Trinajstić information content (AvgIpc) is 2.30. The van der Waals surface area contributed by atoms with Crippen LogP contribution in [0.4, 0.5) is 0 Å². The molecule has 56 valence electrons. The number of aromatic nitrogens is 1. The predicted octanol–water partition coefficient (Wildman–Crippen LogP) is 1.31. The molecular formula is C8H7NO2. The van der Waals surface area contributed by atoms with Crippen LogP contribution in [0.25, 0.3) is 0 Å². The number of esters is 1. The summed E-state index contributed by atoms with van der Waals surface area (Å²) in [7, 11) is 0. The van der Waals surface area contributed by atoms with E-state index in [1.54, 1.807) is 12.3 Å². The van der Waals surface area contributed by atoms with Gasteiger partial charge in [0.15, 0.2) is 5.69 Å². The molecule has 1 aliphatic heterocycles. The number of pyridine rings is 1. The van der Waals surface area contributed by atoms with Crippen LogP contribution >= 0.6 is 0 Å². The van der Waals surface area contributed by atoms with E-state index in [4.69, 9.17) is 4.74 Å². The number of rotatable bonds is 0. The fourth-order valence-electron chi connectivity index (χ4n) is 1.20. The van der Waals surface area contributed by atoms with Crippen molar-refractivity contribution in [1.82, 2.24) is 4.98 Å². The standard InChI is InChI=1S/C8H7NO2/c1-5-6-3-2-4-9-7(6)8(10)11-5/h2-5H,1H3. The summed E-state index contributed by atoms with van der Waals surface area (Å²) in [5, 5.41) is 0. The molecule has 3 nitrogen and oxygen atoms in total. The van der Waals surface area contributed by atoms with E-state index in [1.807, 2.05) is 13.0 Å². The number of carbonyl (C=O) groups excluding carboxylic acids is 1. The maximum atomic E-state index is 11.0. The van der Waals surface area contributed by atoms with Gasteiger partial charge in [0.2, 0.25) is 0 Å². The van der Waals surface area contributed by atoms with Crippen molar-refractivity contribution < 1.29 is 9.53 Å². The highest BCUT2D eigenvalue weighted by Gasteiger charge is 2.28. The first-order valence-electron chi connectivity index (χ1n) is 3.45. The second-order valence-corrected chi connectivity index (χ2v) is 2.49. The predicted molar refractivity (Wildman–Crippen MR) is 38.1 cm³/mol. The minimum atomic E-state index is -0.312. The third kappa shape index (κ3) is 0.808. The van der Waals surface area contributed by atoms with Crippen molar-refractivity contribution in [3.8, 4) is 0 Å². The van der Waals surface area contributed by atoms with Crippen LogP contribution in [-0.2, 0) is 4.74 Å². The molecule has 2 rings (SSSR count). The zero-order valence-corrected chi connectivity index (χ0v) is 6.07. The number of hydrogen-bond acceptors (Lipinski definition) is 3. The summed E-state index contributed by atoms with van der Waals surface area (Å²) in [5.74, 6) is -0.312. The van der Waals surface area contributed by atoms with Crippen LogP contribution in [0.3, 0.4) is 0 Å². The molecule has 11 heavy (non-hydrogen) atoms. The smallest absolute Gasteiger partial charge is 0.357 e. The van der Waals surface area contributed by atoms with Gasteiger partial charge in [0, 0.05) is 11.8 Å². The Balaban J connectivity index is 2.60. The summed E-state index contributed by atoms with van der Waals surface area (Å²) in [6.45, 7) is 1.84. The zero-order chi connectivity index (χ0) is 7.84. The SMILES string of the molecule is CC1OC(=O)c2ncccc21. The Morgan fingerprint density at radius 1 is 1.64 bits per heavy atom. The fourth-order valence-corrected chi connectivity index (χ4v) is 1.20. The molecule has 0 radical (unpaired) electrons. The lowest BCUT2D eigenvalue weighted by atomic mass is 10.1. The Labute approximate surface area is 64.0 Å². The van der Waals surface area contributed by atoms with E-state index in [-0.39, 0.29) is 12.1 Å². The Kier molecular flexibility index (Phi) is 1.18. The van der Waals surface area contributed by atoms with Gasteiger partial charge in [0.05, 0.1) is 0 Å². The summed E-state index contributed by atoms with van der Waals surface area (Å²) in [4.78, 5) is 14.9. The van der Waals surface area contributed by atoms with Crippen LogP contribution in [0.1, 0.15) is 29.1 Å². The van der Waals surface area contributed by atoms with Crippen LogP contribution in [0, 0.1) is 0 Å². The van der Waals surface area contributed by atoms with Gasteiger partial charge in [-0.3, -0.25) is 0 Å². The Morgan fingerprint density at radius 2 is 2.45 bits per heavy atom. The summed E-state index contributed by atoms with van der Waals surface area (Å²) >= 11 is 0. The van der Waals surface area contributed by atoms with E-state index in [0.29, 0.717) is 5.69 Å². The van der Waals surface area contributed by atoms with E-state index in [0.717, 1.165) is 5.56 Å². The van der Waals surface area contributed by atoms with Crippen LogP contribution in [0.2, 0.25) is 0 Å². The first-order chi connectivity index (χ1) is 5.29. The molecular weight excluding hydrogens is 142 g/mol. The number of ether oxygens (including phenoxy) is 1. The number of fused-ring (bicyclic) bond motifs is 1. The first-order valence-corrected chi connectivity index (χ1v) is 3.45. The van der Waals surface area contributed by atoms with Gasteiger partial charge < -0.3 is 4.74 Å². The molecule has 0 N–H and O–H groups in total. The van der Waals surface area contributed by atoms with Gasteiger partial charge in [-0.1, -0.05) is 6.07 Å². The van der Waals surface area contributed by atoms with Crippen LogP contribution < -0.4 is 0 Å². The maximum Gasteiger partial charge on any atom is 0.357 e. The van der Waals surface area contributed by atoms with E-state index >= 15 is 0 Å². The fraction of sp³-hybridized carbons (Fsp3) is 0.250.